The van der Waals surface area contributed by atoms with Crippen molar-refractivity contribution in [1.82, 2.24) is 5.32 Å². The minimum absolute atomic E-state index is 0.0400. The molecule has 1 N–H and O–H groups in total. The Labute approximate surface area is 123 Å². The van der Waals surface area contributed by atoms with E-state index in [1.165, 1.54) is 25.7 Å². The third-order valence-electron chi connectivity index (χ3n) is 5.35. The van der Waals surface area contributed by atoms with Crippen LogP contribution in [0.2, 0.25) is 0 Å². The first-order valence-electron chi connectivity index (χ1n) is 7.87. The normalized spacial score (nSPS) is 38.0. The van der Waals surface area contributed by atoms with Crippen molar-refractivity contribution >= 4 is 18.4 Å². The summed E-state index contributed by atoms with van der Waals surface area (Å²) < 4.78 is 0. The van der Waals surface area contributed by atoms with Crippen LogP contribution in [0.1, 0.15) is 52.9 Å². The molecule has 2 aliphatic carbocycles. The number of thiol groups is 1. The van der Waals surface area contributed by atoms with Gasteiger partial charge in [0.1, 0.15) is 5.78 Å². The molecule has 19 heavy (non-hydrogen) atoms. The summed E-state index contributed by atoms with van der Waals surface area (Å²) in [4.78, 5) is 11.6. The largest absolute Gasteiger partial charge is 0.307 e. The molecule has 110 valence electrons. The maximum Gasteiger partial charge on any atom is 0.150 e. The molecule has 0 spiro atoms. The first-order chi connectivity index (χ1) is 9.00. The van der Waals surface area contributed by atoms with Crippen LogP contribution in [-0.4, -0.2) is 24.1 Å². The van der Waals surface area contributed by atoms with Crippen molar-refractivity contribution in [2.75, 3.05) is 12.3 Å². The fourth-order valence-corrected chi connectivity index (χ4v) is 3.78. The molecule has 2 fully saturated rings. The van der Waals surface area contributed by atoms with Crippen LogP contribution in [0.25, 0.3) is 0 Å². The van der Waals surface area contributed by atoms with Crippen LogP contribution in [0.4, 0.5) is 0 Å². The van der Waals surface area contributed by atoms with Gasteiger partial charge in [0, 0.05) is 12.2 Å². The van der Waals surface area contributed by atoms with E-state index in [1.54, 1.807) is 0 Å². The van der Waals surface area contributed by atoms with Crippen LogP contribution in [0.5, 0.6) is 0 Å². The fraction of sp³-hybridized carbons (Fsp3) is 0.938. The van der Waals surface area contributed by atoms with Gasteiger partial charge in [-0.05, 0) is 55.4 Å². The Balaban J connectivity index is 1.63. The second-order valence-corrected chi connectivity index (χ2v) is 7.40. The summed E-state index contributed by atoms with van der Waals surface area (Å²) in [6.45, 7) is 7.73. The zero-order valence-corrected chi connectivity index (χ0v) is 13.5. The second kappa shape index (κ2) is 6.17. The third kappa shape index (κ3) is 3.98. The van der Waals surface area contributed by atoms with Crippen LogP contribution in [0.3, 0.4) is 0 Å². The van der Waals surface area contributed by atoms with E-state index in [-0.39, 0.29) is 6.04 Å². The van der Waals surface area contributed by atoms with Gasteiger partial charge in [-0.15, -0.1) is 0 Å². The van der Waals surface area contributed by atoms with E-state index in [0.29, 0.717) is 23.4 Å². The summed E-state index contributed by atoms with van der Waals surface area (Å²) in [7, 11) is 0. The predicted octanol–water partition coefficient (Wildman–Crippen LogP) is 3.32. The van der Waals surface area contributed by atoms with Crippen LogP contribution < -0.4 is 5.32 Å². The average Bonchev–Trinajstić information content (AvgIpc) is 3.24. The van der Waals surface area contributed by atoms with E-state index in [2.05, 4.69) is 31.8 Å². The molecule has 0 heterocycles. The van der Waals surface area contributed by atoms with Gasteiger partial charge in [0.15, 0.2) is 0 Å². The van der Waals surface area contributed by atoms with Gasteiger partial charge in [-0.1, -0.05) is 20.8 Å². The Kier molecular flexibility index (Phi) is 4.99. The summed E-state index contributed by atoms with van der Waals surface area (Å²) in [6, 6.07) is -0.0400. The molecule has 2 rings (SSSR count). The molecule has 0 bridgehead atoms. The Morgan fingerprint density at radius 1 is 1.53 bits per heavy atom. The molecular formula is C16H29NOS. The fourth-order valence-electron chi connectivity index (χ4n) is 3.45. The Morgan fingerprint density at radius 2 is 2.21 bits per heavy atom. The zero-order chi connectivity index (χ0) is 14.0. The summed E-state index contributed by atoms with van der Waals surface area (Å²) in [5, 5.41) is 3.38. The molecule has 2 nitrogen and oxygen atoms in total. The highest BCUT2D eigenvalue weighted by atomic mass is 32.1. The number of Topliss-reactive ketones (excluding diaryl/α,β-unsaturated/α-hetero) is 1. The van der Waals surface area contributed by atoms with Crippen molar-refractivity contribution in [1.29, 1.82) is 0 Å². The number of carbonyl (C=O) groups excluding carboxylic acids is 1. The van der Waals surface area contributed by atoms with Gasteiger partial charge < -0.3 is 5.32 Å². The SMILES string of the molecule is CCC(=O)C(CS)NCCC1CC1(C)CC1CC1C. The van der Waals surface area contributed by atoms with Crippen LogP contribution in [0, 0.1) is 23.2 Å². The lowest BCUT2D eigenvalue weighted by atomic mass is 9.96. The number of nitrogens with one attached hydrogen (secondary N) is 1. The van der Waals surface area contributed by atoms with E-state index in [1.807, 2.05) is 6.92 Å². The topological polar surface area (TPSA) is 29.1 Å². The lowest BCUT2D eigenvalue weighted by Gasteiger charge is -2.15. The molecule has 0 amide bonds. The van der Waals surface area contributed by atoms with E-state index >= 15 is 0 Å². The van der Waals surface area contributed by atoms with E-state index in [9.17, 15) is 4.79 Å². The van der Waals surface area contributed by atoms with Gasteiger partial charge in [0.25, 0.3) is 0 Å². The number of ketones is 1. The highest BCUT2D eigenvalue weighted by Gasteiger charge is 2.52. The molecule has 2 aliphatic rings. The minimum atomic E-state index is -0.0400. The Bertz CT molecular complexity index is 333. The molecule has 0 aromatic rings. The van der Waals surface area contributed by atoms with E-state index in [0.717, 1.165) is 24.3 Å². The molecule has 0 saturated heterocycles. The number of hydrogen-bond donors (Lipinski definition) is 2. The van der Waals surface area contributed by atoms with E-state index < -0.39 is 0 Å². The van der Waals surface area contributed by atoms with E-state index in [4.69, 9.17) is 0 Å². The smallest absolute Gasteiger partial charge is 0.150 e. The van der Waals surface area contributed by atoms with Gasteiger partial charge in [0.05, 0.1) is 6.04 Å². The Hall–Kier alpha value is -0.0200. The highest BCUT2D eigenvalue weighted by molar-refractivity contribution is 7.80. The average molecular weight is 283 g/mol. The minimum Gasteiger partial charge on any atom is -0.307 e. The van der Waals surface area contributed by atoms with Gasteiger partial charge in [-0.2, -0.15) is 12.6 Å². The van der Waals surface area contributed by atoms with Crippen LogP contribution >= 0.6 is 12.6 Å². The monoisotopic (exact) mass is 283 g/mol. The summed E-state index contributed by atoms with van der Waals surface area (Å²) in [5.74, 6) is 3.78. The maximum atomic E-state index is 11.6. The van der Waals surface area contributed by atoms with Crippen molar-refractivity contribution in [3.8, 4) is 0 Å². The Morgan fingerprint density at radius 3 is 2.74 bits per heavy atom. The molecule has 0 aromatic carbocycles. The summed E-state index contributed by atoms with van der Waals surface area (Å²) >= 11 is 4.26. The van der Waals surface area contributed by atoms with Crippen molar-refractivity contribution in [3.05, 3.63) is 0 Å². The van der Waals surface area contributed by atoms with Gasteiger partial charge >= 0.3 is 0 Å². The molecular weight excluding hydrogens is 254 g/mol. The summed E-state index contributed by atoms with van der Waals surface area (Å²) in [6.07, 6.45) is 6.11. The molecule has 0 aliphatic heterocycles. The molecule has 0 aromatic heterocycles. The van der Waals surface area contributed by atoms with Crippen molar-refractivity contribution in [2.45, 2.75) is 58.9 Å². The number of hydrogen-bond acceptors (Lipinski definition) is 3. The van der Waals surface area contributed by atoms with Gasteiger partial charge in [-0.25, -0.2) is 0 Å². The molecule has 0 radical (unpaired) electrons. The van der Waals surface area contributed by atoms with Gasteiger partial charge in [-0.3, -0.25) is 4.79 Å². The lowest BCUT2D eigenvalue weighted by Crippen LogP contribution is -2.38. The zero-order valence-electron chi connectivity index (χ0n) is 12.6. The first-order valence-corrected chi connectivity index (χ1v) is 8.50. The highest BCUT2D eigenvalue weighted by Crippen LogP contribution is 2.61. The van der Waals surface area contributed by atoms with Crippen LogP contribution in [0.15, 0.2) is 0 Å². The van der Waals surface area contributed by atoms with Crippen molar-refractivity contribution < 1.29 is 4.79 Å². The second-order valence-electron chi connectivity index (χ2n) is 7.03. The summed E-state index contributed by atoms with van der Waals surface area (Å²) in [5.41, 5.74) is 0.613. The first kappa shape index (κ1) is 15.4. The molecule has 5 atom stereocenters. The van der Waals surface area contributed by atoms with Gasteiger partial charge in [0.2, 0.25) is 0 Å². The van der Waals surface area contributed by atoms with Crippen LogP contribution in [-0.2, 0) is 4.79 Å². The number of rotatable bonds is 9. The molecule has 2 saturated carbocycles. The molecule has 3 heteroatoms. The maximum absolute atomic E-state index is 11.6. The number of carbonyl (C=O) groups is 1. The van der Waals surface area contributed by atoms with Crippen molar-refractivity contribution in [2.24, 2.45) is 23.2 Å². The quantitative estimate of drug-likeness (QED) is 0.636. The molecule has 5 unspecified atom stereocenters. The predicted molar refractivity (Wildman–Crippen MR) is 83.7 cm³/mol. The lowest BCUT2D eigenvalue weighted by molar-refractivity contribution is -0.120. The van der Waals surface area contributed by atoms with Crippen molar-refractivity contribution in [3.63, 3.8) is 0 Å². The third-order valence-corrected chi connectivity index (χ3v) is 5.71. The standard InChI is InChI=1S/C16H29NOS/c1-4-15(18)14(10-19)17-6-5-13-9-16(13,3)8-12-7-11(12)2/h11-14,17,19H,4-10H2,1-3H3.